The van der Waals surface area contributed by atoms with Crippen LogP contribution in [0.15, 0.2) is 18.2 Å². The SMILES string of the molecule is CC(C)(C)CCOCc1ccc(F)cc1C(N)=S. The lowest BCUT2D eigenvalue weighted by Gasteiger charge is -2.18. The van der Waals surface area contributed by atoms with Gasteiger partial charge in [0.05, 0.1) is 6.61 Å². The van der Waals surface area contributed by atoms with E-state index in [0.717, 1.165) is 12.0 Å². The highest BCUT2D eigenvalue weighted by Gasteiger charge is 2.11. The van der Waals surface area contributed by atoms with Crippen molar-refractivity contribution in [3.05, 3.63) is 35.1 Å². The topological polar surface area (TPSA) is 35.2 Å². The summed E-state index contributed by atoms with van der Waals surface area (Å²) in [6, 6.07) is 4.41. The summed E-state index contributed by atoms with van der Waals surface area (Å²) in [5.74, 6) is -0.337. The van der Waals surface area contributed by atoms with Crippen molar-refractivity contribution < 1.29 is 9.13 Å². The van der Waals surface area contributed by atoms with Gasteiger partial charge in [-0.05, 0) is 29.5 Å². The van der Waals surface area contributed by atoms with Crippen LogP contribution in [0.5, 0.6) is 0 Å². The van der Waals surface area contributed by atoms with Gasteiger partial charge in [0.1, 0.15) is 10.8 Å². The first-order valence-corrected chi connectivity index (χ1v) is 6.36. The van der Waals surface area contributed by atoms with Gasteiger partial charge in [0.2, 0.25) is 0 Å². The van der Waals surface area contributed by atoms with Crippen LogP contribution in [0, 0.1) is 11.2 Å². The van der Waals surface area contributed by atoms with E-state index >= 15 is 0 Å². The summed E-state index contributed by atoms with van der Waals surface area (Å²) in [7, 11) is 0. The highest BCUT2D eigenvalue weighted by atomic mass is 32.1. The van der Waals surface area contributed by atoms with Gasteiger partial charge in [-0.2, -0.15) is 0 Å². The van der Waals surface area contributed by atoms with E-state index in [0.29, 0.717) is 18.8 Å². The third-order valence-electron chi connectivity index (χ3n) is 2.59. The zero-order valence-corrected chi connectivity index (χ0v) is 11.9. The summed E-state index contributed by atoms with van der Waals surface area (Å²) in [4.78, 5) is 0.198. The van der Waals surface area contributed by atoms with Gasteiger partial charge in [0.15, 0.2) is 0 Å². The van der Waals surface area contributed by atoms with E-state index in [4.69, 9.17) is 22.7 Å². The predicted octanol–water partition coefficient (Wildman–Crippen LogP) is 3.41. The smallest absolute Gasteiger partial charge is 0.123 e. The van der Waals surface area contributed by atoms with Crippen molar-refractivity contribution in [1.29, 1.82) is 0 Å². The normalized spacial score (nSPS) is 11.6. The molecule has 0 atom stereocenters. The predicted molar refractivity (Wildman–Crippen MR) is 76.0 cm³/mol. The van der Waals surface area contributed by atoms with Crippen LogP contribution in [0.1, 0.15) is 38.3 Å². The summed E-state index contributed by atoms with van der Waals surface area (Å²) >= 11 is 4.90. The fourth-order valence-electron chi connectivity index (χ4n) is 1.46. The maximum Gasteiger partial charge on any atom is 0.123 e. The quantitative estimate of drug-likeness (QED) is 0.657. The molecule has 1 aromatic carbocycles. The van der Waals surface area contributed by atoms with E-state index in [2.05, 4.69) is 20.8 Å². The number of hydrogen-bond donors (Lipinski definition) is 1. The van der Waals surface area contributed by atoms with Crippen LogP contribution in [0.4, 0.5) is 4.39 Å². The minimum absolute atomic E-state index is 0.198. The van der Waals surface area contributed by atoms with Gasteiger partial charge >= 0.3 is 0 Å². The lowest BCUT2D eigenvalue weighted by Crippen LogP contribution is -2.14. The minimum atomic E-state index is -0.337. The first-order valence-electron chi connectivity index (χ1n) is 5.95. The number of thiocarbonyl (C=S) groups is 1. The summed E-state index contributed by atoms with van der Waals surface area (Å²) in [5, 5.41) is 0. The zero-order valence-electron chi connectivity index (χ0n) is 11.1. The highest BCUT2D eigenvalue weighted by molar-refractivity contribution is 7.80. The van der Waals surface area contributed by atoms with Crippen molar-refractivity contribution in [2.45, 2.75) is 33.8 Å². The Bertz CT molecular complexity index is 426. The molecule has 0 aliphatic heterocycles. The molecule has 2 N–H and O–H groups in total. The molecular weight excluding hydrogens is 249 g/mol. The second-order valence-corrected chi connectivity index (χ2v) is 5.97. The monoisotopic (exact) mass is 269 g/mol. The molecule has 0 bridgehead atoms. The van der Waals surface area contributed by atoms with E-state index in [9.17, 15) is 4.39 Å². The van der Waals surface area contributed by atoms with Crippen LogP contribution < -0.4 is 5.73 Å². The molecule has 0 aliphatic rings. The Hall–Kier alpha value is -1.00. The van der Waals surface area contributed by atoms with Crippen LogP contribution in [0.2, 0.25) is 0 Å². The number of hydrogen-bond acceptors (Lipinski definition) is 2. The first kappa shape index (κ1) is 15.1. The van der Waals surface area contributed by atoms with Gasteiger partial charge in [-0.25, -0.2) is 4.39 Å². The van der Waals surface area contributed by atoms with Crippen LogP contribution in [-0.2, 0) is 11.3 Å². The van der Waals surface area contributed by atoms with E-state index in [1.807, 2.05) is 0 Å². The molecule has 0 saturated carbocycles. The average molecular weight is 269 g/mol. The maximum absolute atomic E-state index is 13.1. The Morgan fingerprint density at radius 3 is 2.61 bits per heavy atom. The molecule has 2 nitrogen and oxygen atoms in total. The van der Waals surface area contributed by atoms with Gasteiger partial charge in [-0.3, -0.25) is 0 Å². The molecule has 0 amide bonds. The number of rotatable bonds is 5. The van der Waals surface area contributed by atoms with Crippen molar-refractivity contribution >= 4 is 17.2 Å². The highest BCUT2D eigenvalue weighted by Crippen LogP contribution is 2.19. The first-order chi connectivity index (χ1) is 8.29. The lowest BCUT2D eigenvalue weighted by atomic mass is 9.93. The second kappa shape index (κ2) is 6.25. The van der Waals surface area contributed by atoms with Gasteiger partial charge < -0.3 is 10.5 Å². The van der Waals surface area contributed by atoms with Gasteiger partial charge in [-0.15, -0.1) is 0 Å². The molecule has 1 aromatic rings. The third-order valence-corrected chi connectivity index (χ3v) is 2.81. The van der Waals surface area contributed by atoms with Crippen molar-refractivity contribution in [3.8, 4) is 0 Å². The fraction of sp³-hybridized carbons (Fsp3) is 0.500. The van der Waals surface area contributed by atoms with Crippen LogP contribution in [0.3, 0.4) is 0 Å². The van der Waals surface area contributed by atoms with Crippen molar-refractivity contribution in [3.63, 3.8) is 0 Å². The molecule has 0 fully saturated rings. The van der Waals surface area contributed by atoms with E-state index in [-0.39, 0.29) is 16.2 Å². The van der Waals surface area contributed by atoms with Gasteiger partial charge in [0, 0.05) is 12.2 Å². The van der Waals surface area contributed by atoms with Crippen LogP contribution in [0.25, 0.3) is 0 Å². The molecule has 0 spiro atoms. The molecule has 0 unspecified atom stereocenters. The van der Waals surface area contributed by atoms with Crippen molar-refractivity contribution in [2.24, 2.45) is 11.1 Å². The molecule has 0 saturated heterocycles. The Morgan fingerprint density at radius 1 is 1.39 bits per heavy atom. The summed E-state index contributed by atoms with van der Waals surface area (Å²) < 4.78 is 18.7. The molecule has 0 aromatic heterocycles. The van der Waals surface area contributed by atoms with Crippen LogP contribution in [-0.4, -0.2) is 11.6 Å². The Morgan fingerprint density at radius 2 is 2.06 bits per heavy atom. The van der Waals surface area contributed by atoms with E-state index in [1.54, 1.807) is 6.07 Å². The van der Waals surface area contributed by atoms with Gasteiger partial charge in [0.25, 0.3) is 0 Å². The Labute approximate surface area is 113 Å². The average Bonchev–Trinajstić information content (AvgIpc) is 2.24. The summed E-state index contributed by atoms with van der Waals surface area (Å²) in [5.41, 5.74) is 7.20. The Kier molecular flexibility index (Phi) is 5.23. The fourth-order valence-corrected chi connectivity index (χ4v) is 1.65. The molecule has 4 heteroatoms. The second-order valence-electron chi connectivity index (χ2n) is 5.53. The largest absolute Gasteiger partial charge is 0.389 e. The number of halogens is 1. The standard InChI is InChI=1S/C14H20FNOS/c1-14(2,3)6-7-17-9-10-4-5-11(15)8-12(10)13(16)18/h4-5,8H,6-7,9H2,1-3H3,(H2,16,18). The van der Waals surface area contributed by atoms with E-state index in [1.165, 1.54) is 12.1 Å². The lowest BCUT2D eigenvalue weighted by molar-refractivity contribution is 0.0961. The summed E-state index contributed by atoms with van der Waals surface area (Å²) in [6.07, 6.45) is 0.969. The molecule has 18 heavy (non-hydrogen) atoms. The third kappa shape index (κ3) is 5.10. The minimum Gasteiger partial charge on any atom is -0.389 e. The summed E-state index contributed by atoms with van der Waals surface area (Å²) in [6.45, 7) is 7.55. The number of nitrogens with two attached hydrogens (primary N) is 1. The molecule has 0 radical (unpaired) electrons. The maximum atomic E-state index is 13.1. The van der Waals surface area contributed by atoms with Crippen molar-refractivity contribution in [1.82, 2.24) is 0 Å². The number of benzene rings is 1. The van der Waals surface area contributed by atoms with Crippen molar-refractivity contribution in [2.75, 3.05) is 6.61 Å². The molecule has 1 rings (SSSR count). The Balaban J connectivity index is 2.59. The van der Waals surface area contributed by atoms with Crippen LogP contribution >= 0.6 is 12.2 Å². The molecule has 100 valence electrons. The van der Waals surface area contributed by atoms with E-state index < -0.39 is 0 Å². The zero-order chi connectivity index (χ0) is 13.8. The molecule has 0 aliphatic carbocycles. The van der Waals surface area contributed by atoms with Gasteiger partial charge in [-0.1, -0.05) is 39.1 Å². The molecular formula is C14H20FNOS. The number of ether oxygens (including phenoxy) is 1. The molecule has 0 heterocycles.